The SMILES string of the molecule is O=C(Nc1ccc([N+](=O)[O-])cc1O)Nc1ccc(Br)cc1Br.O=C(Nc1ccc([N+](=O)[O-])cc1O)Nc1ccccc1Cl. The number of hydrogen-bond donors (Lipinski definition) is 6. The molecular formula is C26H19Br2ClN6O8. The van der Waals surface area contributed by atoms with Gasteiger partial charge in [0.05, 0.1) is 49.8 Å². The minimum absolute atomic E-state index is 0.0464. The summed E-state index contributed by atoms with van der Waals surface area (Å²) in [6.45, 7) is 0. The molecule has 0 aromatic heterocycles. The Morgan fingerprint density at radius 2 is 1.09 bits per heavy atom. The van der Waals surface area contributed by atoms with Crippen molar-refractivity contribution in [3.05, 3.63) is 113 Å². The van der Waals surface area contributed by atoms with Crippen molar-refractivity contribution < 1.29 is 29.6 Å². The molecule has 17 heteroatoms. The lowest BCUT2D eigenvalue weighted by atomic mass is 10.2. The number of rotatable bonds is 6. The van der Waals surface area contributed by atoms with Gasteiger partial charge in [-0.2, -0.15) is 0 Å². The lowest BCUT2D eigenvalue weighted by Crippen LogP contribution is -2.19. The Morgan fingerprint density at radius 1 is 0.651 bits per heavy atom. The van der Waals surface area contributed by atoms with Gasteiger partial charge in [-0.1, -0.05) is 39.7 Å². The number of anilines is 4. The van der Waals surface area contributed by atoms with Crippen molar-refractivity contribution in [1.29, 1.82) is 0 Å². The van der Waals surface area contributed by atoms with E-state index in [4.69, 9.17) is 11.6 Å². The van der Waals surface area contributed by atoms with Crippen LogP contribution in [0.5, 0.6) is 11.5 Å². The molecule has 0 radical (unpaired) electrons. The maximum absolute atomic E-state index is 11.9. The Balaban J connectivity index is 0.000000236. The van der Waals surface area contributed by atoms with Gasteiger partial charge in [0.2, 0.25) is 0 Å². The molecule has 4 aromatic carbocycles. The van der Waals surface area contributed by atoms with Gasteiger partial charge in [-0.25, -0.2) is 9.59 Å². The highest BCUT2D eigenvalue weighted by Gasteiger charge is 2.14. The molecule has 43 heavy (non-hydrogen) atoms. The molecule has 0 atom stereocenters. The van der Waals surface area contributed by atoms with Crippen molar-refractivity contribution in [1.82, 2.24) is 0 Å². The second-order valence-corrected chi connectivity index (χ2v) is 10.4. The molecule has 0 unspecified atom stereocenters. The number of para-hydroxylation sites is 1. The van der Waals surface area contributed by atoms with E-state index >= 15 is 0 Å². The van der Waals surface area contributed by atoms with Gasteiger partial charge in [-0.15, -0.1) is 0 Å². The number of benzene rings is 4. The number of carbonyl (C=O) groups excluding carboxylic acids is 2. The number of carbonyl (C=O) groups is 2. The molecule has 222 valence electrons. The standard InChI is InChI=1S/C13H9Br2N3O4.C13H10ClN3O4/c14-7-1-3-10(9(15)5-7)16-13(20)17-11-4-2-8(18(21)22)6-12(11)19;14-9-3-1-2-4-10(9)15-13(19)16-11-6-5-8(17(20)21)7-12(11)18/h1-6,19H,(H2,16,17,20);1-7,18H,(H2,15,16,19). The molecule has 14 nitrogen and oxygen atoms in total. The summed E-state index contributed by atoms with van der Waals surface area (Å²) in [5, 5.41) is 50.7. The number of nitrogens with zero attached hydrogens (tertiary/aromatic N) is 2. The zero-order chi connectivity index (χ0) is 31.7. The van der Waals surface area contributed by atoms with E-state index in [0.717, 1.165) is 16.6 Å². The zero-order valence-electron chi connectivity index (χ0n) is 21.4. The van der Waals surface area contributed by atoms with Gasteiger partial charge >= 0.3 is 12.1 Å². The number of nitro benzene ring substituents is 2. The number of nitrogens with one attached hydrogen (secondary N) is 4. The van der Waals surface area contributed by atoms with Crippen LogP contribution >= 0.6 is 43.5 Å². The summed E-state index contributed by atoms with van der Waals surface area (Å²) < 4.78 is 1.52. The van der Waals surface area contributed by atoms with E-state index in [-0.39, 0.29) is 28.5 Å². The summed E-state index contributed by atoms with van der Waals surface area (Å²) in [5.74, 6) is -0.794. The molecule has 6 N–H and O–H groups in total. The van der Waals surface area contributed by atoms with Gasteiger partial charge in [0.15, 0.2) is 0 Å². The summed E-state index contributed by atoms with van der Waals surface area (Å²) in [6, 6.07) is 17.4. The van der Waals surface area contributed by atoms with Gasteiger partial charge in [0.1, 0.15) is 11.5 Å². The molecular weight excluding hydrogens is 720 g/mol. The average Bonchev–Trinajstić information content (AvgIpc) is 2.94. The Labute approximate surface area is 264 Å². The molecule has 4 aromatic rings. The van der Waals surface area contributed by atoms with E-state index in [9.17, 15) is 40.0 Å². The fraction of sp³-hybridized carbons (Fsp3) is 0. The quantitative estimate of drug-likeness (QED) is 0.0646. The second-order valence-electron chi connectivity index (χ2n) is 8.18. The van der Waals surface area contributed by atoms with Gasteiger partial charge in [0.25, 0.3) is 11.4 Å². The Kier molecular flexibility index (Phi) is 11.2. The van der Waals surface area contributed by atoms with E-state index in [1.165, 1.54) is 24.3 Å². The number of urea groups is 2. The molecule has 0 fully saturated rings. The maximum Gasteiger partial charge on any atom is 0.323 e. The highest BCUT2D eigenvalue weighted by Crippen LogP contribution is 2.30. The molecule has 4 rings (SSSR count). The van der Waals surface area contributed by atoms with Crippen molar-refractivity contribution in [2.75, 3.05) is 21.3 Å². The van der Waals surface area contributed by atoms with Crippen LogP contribution in [0.15, 0.2) is 87.8 Å². The first-order chi connectivity index (χ1) is 20.3. The van der Waals surface area contributed by atoms with Gasteiger partial charge in [-0.3, -0.25) is 20.2 Å². The van der Waals surface area contributed by atoms with E-state index in [2.05, 4.69) is 53.1 Å². The minimum Gasteiger partial charge on any atom is -0.506 e. The Hall–Kier alpha value is -4.93. The average molecular weight is 739 g/mol. The van der Waals surface area contributed by atoms with Crippen LogP contribution in [-0.4, -0.2) is 32.1 Å². The number of non-ortho nitro benzene ring substituents is 2. The third-order valence-electron chi connectivity index (χ3n) is 5.18. The van der Waals surface area contributed by atoms with Crippen molar-refractivity contribution in [3.63, 3.8) is 0 Å². The van der Waals surface area contributed by atoms with E-state index in [1.54, 1.807) is 42.5 Å². The number of nitro groups is 2. The van der Waals surface area contributed by atoms with E-state index in [1.807, 2.05) is 0 Å². The summed E-state index contributed by atoms with van der Waals surface area (Å²) in [5.41, 5.74) is 0.505. The number of hydrogen-bond acceptors (Lipinski definition) is 8. The van der Waals surface area contributed by atoms with Crippen LogP contribution < -0.4 is 21.3 Å². The predicted molar refractivity (Wildman–Crippen MR) is 168 cm³/mol. The number of aromatic hydroxyl groups is 2. The van der Waals surface area contributed by atoms with Crippen LogP contribution in [0.3, 0.4) is 0 Å². The highest BCUT2D eigenvalue weighted by atomic mass is 79.9. The number of halogens is 3. The van der Waals surface area contributed by atoms with Crippen molar-refractivity contribution in [2.24, 2.45) is 0 Å². The normalized spacial score (nSPS) is 10.0. The highest BCUT2D eigenvalue weighted by molar-refractivity contribution is 9.11. The van der Waals surface area contributed by atoms with Crippen molar-refractivity contribution in [3.8, 4) is 11.5 Å². The third-order valence-corrected chi connectivity index (χ3v) is 6.66. The first-order valence-electron chi connectivity index (χ1n) is 11.6. The first-order valence-corrected chi connectivity index (χ1v) is 13.6. The molecule has 0 aliphatic heterocycles. The van der Waals surface area contributed by atoms with Crippen LogP contribution in [0.1, 0.15) is 0 Å². The van der Waals surface area contributed by atoms with Gasteiger partial charge < -0.3 is 31.5 Å². The van der Waals surface area contributed by atoms with E-state index in [0.29, 0.717) is 20.9 Å². The first kappa shape index (κ1) is 32.6. The molecule has 0 saturated carbocycles. The molecule has 0 spiro atoms. The summed E-state index contributed by atoms with van der Waals surface area (Å²) in [6.07, 6.45) is 0. The molecule has 0 saturated heterocycles. The molecule has 0 aliphatic carbocycles. The van der Waals surface area contributed by atoms with Crippen LogP contribution in [0, 0.1) is 20.2 Å². The second kappa shape index (κ2) is 14.8. The smallest absolute Gasteiger partial charge is 0.323 e. The van der Waals surface area contributed by atoms with Crippen LogP contribution in [0.25, 0.3) is 0 Å². The fourth-order valence-corrected chi connectivity index (χ4v) is 4.51. The van der Waals surface area contributed by atoms with Gasteiger partial charge in [-0.05, 0) is 58.4 Å². The topological polar surface area (TPSA) is 209 Å². The third kappa shape index (κ3) is 9.56. The number of phenols is 2. The van der Waals surface area contributed by atoms with Gasteiger partial charge in [0, 0.05) is 21.1 Å². The monoisotopic (exact) mass is 736 g/mol. The molecule has 0 heterocycles. The van der Waals surface area contributed by atoms with Crippen molar-refractivity contribution >= 4 is 89.6 Å². The van der Waals surface area contributed by atoms with Crippen LogP contribution in [-0.2, 0) is 0 Å². The minimum atomic E-state index is -0.646. The lowest BCUT2D eigenvalue weighted by Gasteiger charge is -2.10. The Morgan fingerprint density at radius 3 is 1.53 bits per heavy atom. The summed E-state index contributed by atoms with van der Waals surface area (Å²) in [7, 11) is 0. The number of amides is 4. The number of phenolic OH excluding ortho intramolecular Hbond substituents is 2. The van der Waals surface area contributed by atoms with Crippen LogP contribution in [0.4, 0.5) is 43.7 Å². The Bertz CT molecular complexity index is 1710. The maximum atomic E-state index is 11.9. The van der Waals surface area contributed by atoms with E-state index < -0.39 is 27.7 Å². The summed E-state index contributed by atoms with van der Waals surface area (Å²) >= 11 is 12.5. The molecule has 4 amide bonds. The summed E-state index contributed by atoms with van der Waals surface area (Å²) in [4.78, 5) is 43.5. The lowest BCUT2D eigenvalue weighted by molar-refractivity contribution is -0.385. The largest absolute Gasteiger partial charge is 0.506 e. The fourth-order valence-electron chi connectivity index (χ4n) is 3.18. The predicted octanol–water partition coefficient (Wildman–Crippen LogP) is 8.07. The molecule has 0 aliphatic rings. The zero-order valence-corrected chi connectivity index (χ0v) is 25.3. The van der Waals surface area contributed by atoms with Crippen LogP contribution in [0.2, 0.25) is 5.02 Å². The molecule has 0 bridgehead atoms. The van der Waals surface area contributed by atoms with Crippen molar-refractivity contribution in [2.45, 2.75) is 0 Å².